The van der Waals surface area contributed by atoms with Crippen LogP contribution in [0.1, 0.15) is 18.4 Å². The van der Waals surface area contributed by atoms with Crippen molar-refractivity contribution < 1.29 is 4.92 Å². The Labute approximate surface area is 117 Å². The maximum absolute atomic E-state index is 11.1. The summed E-state index contributed by atoms with van der Waals surface area (Å²) < 4.78 is 0. The van der Waals surface area contributed by atoms with Crippen molar-refractivity contribution in [1.29, 1.82) is 5.26 Å². The Morgan fingerprint density at radius 3 is 2.90 bits per heavy atom. The van der Waals surface area contributed by atoms with Crippen molar-refractivity contribution in [1.82, 2.24) is 9.88 Å². The summed E-state index contributed by atoms with van der Waals surface area (Å²) in [6, 6.07) is 3.94. The number of nitrogens with one attached hydrogen (secondary N) is 1. The third-order valence-electron chi connectivity index (χ3n) is 3.53. The molecule has 2 heterocycles. The van der Waals surface area contributed by atoms with Gasteiger partial charge in [-0.05, 0) is 25.8 Å². The third-order valence-corrected chi connectivity index (χ3v) is 3.53. The number of nitro groups is 1. The molecule has 1 aliphatic heterocycles. The first kappa shape index (κ1) is 14.2. The van der Waals surface area contributed by atoms with E-state index < -0.39 is 4.92 Å². The van der Waals surface area contributed by atoms with Gasteiger partial charge in [-0.15, -0.1) is 0 Å². The van der Waals surface area contributed by atoms with E-state index in [-0.39, 0.29) is 11.7 Å². The highest BCUT2D eigenvalue weighted by molar-refractivity contribution is 5.60. The Balaban J connectivity index is 2.03. The normalized spacial score (nSPS) is 16.6. The minimum atomic E-state index is -0.393. The number of anilines is 1. The predicted octanol–water partition coefficient (Wildman–Crippen LogP) is 1.70. The van der Waals surface area contributed by atoms with Gasteiger partial charge in [0, 0.05) is 30.9 Å². The van der Waals surface area contributed by atoms with Crippen LogP contribution in [0.25, 0.3) is 0 Å². The smallest absolute Gasteiger partial charge is 0.314 e. The minimum absolute atomic E-state index is 0.0481. The maximum Gasteiger partial charge on any atom is 0.314 e. The van der Waals surface area contributed by atoms with Gasteiger partial charge in [0.15, 0.2) is 0 Å². The molecule has 1 saturated heterocycles. The van der Waals surface area contributed by atoms with Crippen molar-refractivity contribution in [2.75, 3.05) is 25.0 Å². The molecule has 1 aromatic rings. The largest absolute Gasteiger partial charge is 0.362 e. The van der Waals surface area contributed by atoms with E-state index in [1.54, 1.807) is 19.2 Å². The van der Waals surface area contributed by atoms with Crippen molar-refractivity contribution in [2.24, 2.45) is 0 Å². The molecular weight excluding hydrogens is 258 g/mol. The SMILES string of the molecule is Cc1ccnc(NC2CCN(CC#N)CC2)c1[N+](=O)[O-]. The van der Waals surface area contributed by atoms with Crippen molar-refractivity contribution in [3.63, 3.8) is 0 Å². The molecular formula is C13H17N5O2. The first-order valence-corrected chi connectivity index (χ1v) is 6.57. The van der Waals surface area contributed by atoms with Crippen LogP contribution in [0.4, 0.5) is 11.5 Å². The number of piperidine rings is 1. The number of aromatic nitrogens is 1. The number of likely N-dealkylation sites (tertiary alicyclic amines) is 1. The summed E-state index contributed by atoms with van der Waals surface area (Å²) in [5, 5.41) is 22.9. The number of nitriles is 1. The van der Waals surface area contributed by atoms with E-state index in [0.29, 0.717) is 17.9 Å². The summed E-state index contributed by atoms with van der Waals surface area (Å²) in [5.41, 5.74) is 0.654. The number of nitrogens with zero attached hydrogens (tertiary/aromatic N) is 4. The van der Waals surface area contributed by atoms with Crippen molar-refractivity contribution in [2.45, 2.75) is 25.8 Å². The Morgan fingerprint density at radius 1 is 1.60 bits per heavy atom. The van der Waals surface area contributed by atoms with E-state index in [1.807, 2.05) is 0 Å². The lowest BCUT2D eigenvalue weighted by Crippen LogP contribution is -2.39. The van der Waals surface area contributed by atoms with Crippen LogP contribution in [0.15, 0.2) is 12.3 Å². The lowest BCUT2D eigenvalue weighted by molar-refractivity contribution is -0.384. The summed E-state index contributed by atoms with van der Waals surface area (Å²) in [6.45, 7) is 3.80. The van der Waals surface area contributed by atoms with Crippen molar-refractivity contribution >= 4 is 11.5 Å². The van der Waals surface area contributed by atoms with Crippen LogP contribution in [0.2, 0.25) is 0 Å². The summed E-state index contributed by atoms with van der Waals surface area (Å²) in [4.78, 5) is 16.9. The fourth-order valence-corrected chi connectivity index (χ4v) is 2.42. The maximum atomic E-state index is 11.1. The molecule has 0 bridgehead atoms. The standard InChI is InChI=1S/C13H17N5O2/c1-10-2-6-15-13(12(10)18(19)20)16-11-3-7-17(8-4-11)9-5-14/h2,6,11H,3-4,7-9H2,1H3,(H,15,16). The molecule has 1 aliphatic rings. The topological polar surface area (TPSA) is 95.1 Å². The van der Waals surface area contributed by atoms with Gasteiger partial charge in [-0.25, -0.2) is 4.98 Å². The van der Waals surface area contributed by atoms with E-state index >= 15 is 0 Å². The number of hydrogen-bond donors (Lipinski definition) is 1. The highest BCUT2D eigenvalue weighted by atomic mass is 16.6. The van der Waals surface area contributed by atoms with Gasteiger partial charge in [0.05, 0.1) is 17.5 Å². The highest BCUT2D eigenvalue weighted by Crippen LogP contribution is 2.27. The van der Waals surface area contributed by atoms with Gasteiger partial charge < -0.3 is 5.32 Å². The Kier molecular flexibility index (Phi) is 4.48. The molecule has 1 N–H and O–H groups in total. The molecule has 7 heteroatoms. The predicted molar refractivity (Wildman–Crippen MR) is 74.3 cm³/mol. The fourth-order valence-electron chi connectivity index (χ4n) is 2.42. The van der Waals surface area contributed by atoms with Gasteiger partial charge >= 0.3 is 5.69 Å². The lowest BCUT2D eigenvalue weighted by atomic mass is 10.0. The monoisotopic (exact) mass is 275 g/mol. The first-order chi connectivity index (χ1) is 9.61. The molecule has 0 aromatic carbocycles. The van der Waals surface area contributed by atoms with Crippen molar-refractivity contribution in [3.8, 4) is 6.07 Å². The quantitative estimate of drug-likeness (QED) is 0.510. The summed E-state index contributed by atoms with van der Waals surface area (Å²) in [5.74, 6) is 0.341. The lowest BCUT2D eigenvalue weighted by Gasteiger charge is -2.30. The zero-order valence-electron chi connectivity index (χ0n) is 11.4. The summed E-state index contributed by atoms with van der Waals surface area (Å²) in [7, 11) is 0. The average Bonchev–Trinajstić information content (AvgIpc) is 2.41. The van der Waals surface area contributed by atoms with E-state index in [4.69, 9.17) is 5.26 Å². The van der Waals surface area contributed by atoms with Gasteiger partial charge in [-0.2, -0.15) is 5.26 Å². The molecule has 2 rings (SSSR count). The average molecular weight is 275 g/mol. The molecule has 20 heavy (non-hydrogen) atoms. The van der Waals surface area contributed by atoms with Gasteiger partial charge in [-0.1, -0.05) is 0 Å². The fraction of sp³-hybridized carbons (Fsp3) is 0.538. The van der Waals surface area contributed by atoms with Gasteiger partial charge in [-0.3, -0.25) is 15.0 Å². The van der Waals surface area contributed by atoms with Gasteiger partial charge in [0.1, 0.15) is 0 Å². The Morgan fingerprint density at radius 2 is 2.30 bits per heavy atom. The second kappa shape index (κ2) is 6.30. The Hall–Kier alpha value is -2.20. The molecule has 106 valence electrons. The van der Waals surface area contributed by atoms with E-state index in [0.717, 1.165) is 25.9 Å². The zero-order chi connectivity index (χ0) is 14.5. The number of aryl methyl sites for hydroxylation is 1. The van der Waals surface area contributed by atoms with Crippen molar-refractivity contribution in [3.05, 3.63) is 27.9 Å². The Bertz CT molecular complexity index is 532. The van der Waals surface area contributed by atoms with Crippen LogP contribution in [0.3, 0.4) is 0 Å². The van der Waals surface area contributed by atoms with E-state index in [9.17, 15) is 10.1 Å². The molecule has 0 atom stereocenters. The molecule has 7 nitrogen and oxygen atoms in total. The molecule has 0 saturated carbocycles. The molecule has 0 radical (unpaired) electrons. The van der Waals surface area contributed by atoms with Gasteiger partial charge in [0.25, 0.3) is 0 Å². The molecule has 1 aromatic heterocycles. The molecule has 0 unspecified atom stereocenters. The molecule has 0 amide bonds. The molecule has 0 aliphatic carbocycles. The second-order valence-electron chi connectivity index (χ2n) is 4.94. The summed E-state index contributed by atoms with van der Waals surface area (Å²) in [6.07, 6.45) is 3.29. The van der Waals surface area contributed by atoms with Crippen LogP contribution < -0.4 is 5.32 Å². The second-order valence-corrected chi connectivity index (χ2v) is 4.94. The van der Waals surface area contributed by atoms with Crippen LogP contribution in [0.5, 0.6) is 0 Å². The number of hydrogen-bond acceptors (Lipinski definition) is 6. The van der Waals surface area contributed by atoms with Crippen LogP contribution in [-0.2, 0) is 0 Å². The molecule has 0 spiro atoms. The number of pyridine rings is 1. The number of rotatable bonds is 4. The van der Waals surface area contributed by atoms with Crippen LogP contribution >= 0.6 is 0 Å². The highest BCUT2D eigenvalue weighted by Gasteiger charge is 2.24. The van der Waals surface area contributed by atoms with Gasteiger partial charge in [0.2, 0.25) is 5.82 Å². The third kappa shape index (κ3) is 3.22. The van der Waals surface area contributed by atoms with Crippen LogP contribution in [-0.4, -0.2) is 40.5 Å². The minimum Gasteiger partial charge on any atom is -0.362 e. The first-order valence-electron chi connectivity index (χ1n) is 6.57. The van der Waals surface area contributed by atoms with Crippen LogP contribution in [0, 0.1) is 28.4 Å². The van der Waals surface area contributed by atoms with E-state index in [2.05, 4.69) is 21.3 Å². The molecule has 1 fully saturated rings. The summed E-state index contributed by atoms with van der Waals surface area (Å²) >= 11 is 0. The van der Waals surface area contributed by atoms with E-state index in [1.165, 1.54) is 0 Å². The zero-order valence-corrected chi connectivity index (χ0v) is 11.4.